The summed E-state index contributed by atoms with van der Waals surface area (Å²) in [5.41, 5.74) is 4.16. The van der Waals surface area contributed by atoms with E-state index >= 15 is 0 Å². The highest BCUT2D eigenvalue weighted by atomic mass is 32.1. The van der Waals surface area contributed by atoms with Crippen LogP contribution in [0.4, 0.5) is 5.13 Å². The van der Waals surface area contributed by atoms with Gasteiger partial charge in [0.2, 0.25) is 5.88 Å². The molecule has 3 heterocycles. The minimum absolute atomic E-state index is 0.0554. The number of rotatable bonds is 6. The third kappa shape index (κ3) is 4.17. The van der Waals surface area contributed by atoms with E-state index in [2.05, 4.69) is 21.0 Å². The molecule has 1 aromatic carbocycles. The Morgan fingerprint density at radius 3 is 2.65 bits per heavy atom. The van der Waals surface area contributed by atoms with Gasteiger partial charge in [0.1, 0.15) is 5.69 Å². The predicted octanol–water partition coefficient (Wildman–Crippen LogP) is 3.96. The van der Waals surface area contributed by atoms with Crippen molar-refractivity contribution in [1.29, 1.82) is 0 Å². The molecule has 4 rings (SSSR count). The number of hydrogen-bond donors (Lipinski definition) is 0. The van der Waals surface area contributed by atoms with Gasteiger partial charge in [-0.2, -0.15) is 9.97 Å². The summed E-state index contributed by atoms with van der Waals surface area (Å²) in [7, 11) is 2.91. The number of fused-ring (bicyclic) bond motifs is 1. The maximum atomic E-state index is 13.6. The Balaban J connectivity index is 1.82. The second-order valence-electron chi connectivity index (χ2n) is 6.89. The molecule has 0 aliphatic rings. The van der Waals surface area contributed by atoms with Crippen molar-refractivity contribution in [2.45, 2.75) is 20.4 Å². The Hall–Kier alpha value is -3.59. The number of ether oxygens (including phenoxy) is 2. The lowest BCUT2D eigenvalue weighted by atomic mass is 10.1. The molecular formula is C22H21N5O3S. The number of pyridine rings is 1. The van der Waals surface area contributed by atoms with Crippen molar-refractivity contribution in [2.24, 2.45) is 0 Å². The minimum atomic E-state index is -0.337. The number of thiazole rings is 1. The monoisotopic (exact) mass is 435 g/mol. The first-order valence-electron chi connectivity index (χ1n) is 9.54. The average molecular weight is 436 g/mol. The number of aromatic nitrogens is 4. The van der Waals surface area contributed by atoms with Crippen LogP contribution in [0.25, 0.3) is 10.2 Å². The molecule has 0 atom stereocenters. The standard InChI is InChI=1S/C22H21N5O3S/c1-13-7-8-17-19(14(13)2)26-22(31-17)27(12-15-6-5-9-23-11-15)20(28)16-10-18(29-3)25-21(24-16)30-4/h5-11H,12H2,1-4H3. The molecule has 1 amide bonds. The van der Waals surface area contributed by atoms with E-state index in [4.69, 9.17) is 14.5 Å². The van der Waals surface area contributed by atoms with Gasteiger partial charge < -0.3 is 9.47 Å². The molecule has 0 saturated carbocycles. The van der Waals surface area contributed by atoms with Crippen LogP contribution in [0.5, 0.6) is 11.9 Å². The first-order chi connectivity index (χ1) is 15.0. The second-order valence-corrected chi connectivity index (χ2v) is 7.89. The normalized spacial score (nSPS) is 10.8. The molecule has 3 aromatic heterocycles. The lowest BCUT2D eigenvalue weighted by Gasteiger charge is -2.19. The Morgan fingerprint density at radius 2 is 1.94 bits per heavy atom. The molecule has 0 bridgehead atoms. The zero-order valence-electron chi connectivity index (χ0n) is 17.6. The summed E-state index contributed by atoms with van der Waals surface area (Å²) in [6.07, 6.45) is 3.42. The highest BCUT2D eigenvalue weighted by Crippen LogP contribution is 2.33. The van der Waals surface area contributed by atoms with Crippen molar-refractivity contribution in [1.82, 2.24) is 19.9 Å². The van der Waals surface area contributed by atoms with Crippen LogP contribution in [0.15, 0.2) is 42.7 Å². The summed E-state index contributed by atoms with van der Waals surface area (Å²) in [5, 5.41) is 0.578. The van der Waals surface area contributed by atoms with Crippen molar-refractivity contribution < 1.29 is 14.3 Å². The molecule has 8 nitrogen and oxygen atoms in total. The fourth-order valence-corrected chi connectivity index (χ4v) is 4.10. The third-order valence-electron chi connectivity index (χ3n) is 4.91. The first-order valence-corrected chi connectivity index (χ1v) is 10.4. The summed E-state index contributed by atoms with van der Waals surface area (Å²) >= 11 is 1.46. The molecule has 0 N–H and O–H groups in total. The van der Waals surface area contributed by atoms with Gasteiger partial charge in [-0.25, -0.2) is 4.98 Å². The van der Waals surface area contributed by atoms with Gasteiger partial charge in [-0.15, -0.1) is 0 Å². The Labute approximate surface area is 183 Å². The molecule has 4 aromatic rings. The molecule has 0 aliphatic carbocycles. The summed E-state index contributed by atoms with van der Waals surface area (Å²) in [6, 6.07) is 9.39. The summed E-state index contributed by atoms with van der Waals surface area (Å²) in [4.78, 5) is 32.5. The zero-order valence-corrected chi connectivity index (χ0v) is 18.4. The van der Waals surface area contributed by atoms with Crippen LogP contribution in [-0.2, 0) is 6.54 Å². The van der Waals surface area contributed by atoms with E-state index in [9.17, 15) is 4.79 Å². The number of carbonyl (C=O) groups excluding carboxylic acids is 1. The Kier molecular flexibility index (Phi) is 5.77. The molecule has 0 fully saturated rings. The lowest BCUT2D eigenvalue weighted by Crippen LogP contribution is -2.31. The fraction of sp³-hybridized carbons (Fsp3) is 0.227. The highest BCUT2D eigenvalue weighted by Gasteiger charge is 2.25. The molecule has 0 aliphatic heterocycles. The summed E-state index contributed by atoms with van der Waals surface area (Å²) < 4.78 is 11.3. The molecule has 0 radical (unpaired) electrons. The van der Waals surface area contributed by atoms with E-state index in [1.54, 1.807) is 17.3 Å². The van der Waals surface area contributed by atoms with Gasteiger partial charge in [0.25, 0.3) is 5.91 Å². The minimum Gasteiger partial charge on any atom is -0.481 e. The second kappa shape index (κ2) is 8.65. The maximum absolute atomic E-state index is 13.6. The van der Waals surface area contributed by atoms with Gasteiger partial charge in [0.05, 0.1) is 31.0 Å². The van der Waals surface area contributed by atoms with Crippen LogP contribution in [0, 0.1) is 13.8 Å². The topological polar surface area (TPSA) is 90.3 Å². The molecule has 31 heavy (non-hydrogen) atoms. The van der Waals surface area contributed by atoms with Crippen molar-refractivity contribution in [3.8, 4) is 11.9 Å². The zero-order chi connectivity index (χ0) is 22.0. The number of carbonyl (C=O) groups is 1. The maximum Gasteiger partial charge on any atom is 0.320 e. The van der Waals surface area contributed by atoms with Crippen LogP contribution >= 0.6 is 11.3 Å². The molecule has 158 valence electrons. The van der Waals surface area contributed by atoms with E-state index in [0.29, 0.717) is 11.7 Å². The molecule has 0 spiro atoms. The van der Waals surface area contributed by atoms with Crippen LogP contribution in [0.3, 0.4) is 0 Å². The Morgan fingerprint density at radius 1 is 1.10 bits per heavy atom. The van der Waals surface area contributed by atoms with E-state index in [1.807, 2.05) is 32.0 Å². The number of hydrogen-bond acceptors (Lipinski definition) is 8. The first kappa shape index (κ1) is 20.7. The van der Waals surface area contributed by atoms with Gasteiger partial charge in [0.15, 0.2) is 5.13 Å². The van der Waals surface area contributed by atoms with E-state index < -0.39 is 0 Å². The SMILES string of the molecule is COc1cc(C(=O)N(Cc2cccnc2)c2nc3c(C)c(C)ccc3s2)nc(OC)n1. The highest BCUT2D eigenvalue weighted by molar-refractivity contribution is 7.22. The van der Waals surface area contributed by atoms with Gasteiger partial charge >= 0.3 is 6.01 Å². The lowest BCUT2D eigenvalue weighted by molar-refractivity contribution is 0.0978. The summed E-state index contributed by atoms with van der Waals surface area (Å²) in [6.45, 7) is 4.37. The van der Waals surface area contributed by atoms with Gasteiger partial charge in [-0.05, 0) is 42.7 Å². The van der Waals surface area contributed by atoms with Gasteiger partial charge in [0, 0.05) is 18.5 Å². The van der Waals surface area contributed by atoms with Crippen LogP contribution in [0.2, 0.25) is 0 Å². The molecular weight excluding hydrogens is 414 g/mol. The van der Waals surface area contributed by atoms with Crippen LogP contribution < -0.4 is 14.4 Å². The van der Waals surface area contributed by atoms with Crippen LogP contribution in [0.1, 0.15) is 27.2 Å². The Bertz CT molecular complexity index is 1220. The number of benzene rings is 1. The molecule has 9 heteroatoms. The van der Waals surface area contributed by atoms with Crippen molar-refractivity contribution in [2.75, 3.05) is 19.1 Å². The van der Waals surface area contributed by atoms with Crippen molar-refractivity contribution in [3.63, 3.8) is 0 Å². The van der Waals surface area contributed by atoms with Gasteiger partial charge in [-0.3, -0.25) is 14.7 Å². The van der Waals surface area contributed by atoms with Gasteiger partial charge in [-0.1, -0.05) is 23.5 Å². The number of aryl methyl sites for hydroxylation is 2. The average Bonchev–Trinajstić information content (AvgIpc) is 3.24. The summed E-state index contributed by atoms with van der Waals surface area (Å²) in [5.74, 6) is -0.0939. The number of amides is 1. The van der Waals surface area contributed by atoms with Crippen molar-refractivity contribution >= 4 is 32.6 Å². The smallest absolute Gasteiger partial charge is 0.320 e. The van der Waals surface area contributed by atoms with E-state index in [-0.39, 0.29) is 23.5 Å². The molecule has 0 saturated heterocycles. The van der Waals surface area contributed by atoms with Crippen molar-refractivity contribution in [3.05, 3.63) is 65.1 Å². The fourth-order valence-electron chi connectivity index (χ4n) is 3.08. The van der Waals surface area contributed by atoms with E-state index in [1.165, 1.54) is 31.6 Å². The van der Waals surface area contributed by atoms with E-state index in [0.717, 1.165) is 26.9 Å². The number of methoxy groups -OCH3 is 2. The quantitative estimate of drug-likeness (QED) is 0.453. The molecule has 0 unspecified atom stereocenters. The number of nitrogens with zero attached hydrogens (tertiary/aromatic N) is 5. The number of anilines is 1. The largest absolute Gasteiger partial charge is 0.481 e. The van der Waals surface area contributed by atoms with Crippen LogP contribution in [-0.4, -0.2) is 40.1 Å². The third-order valence-corrected chi connectivity index (χ3v) is 5.95. The predicted molar refractivity (Wildman–Crippen MR) is 119 cm³/mol.